The molecule has 0 bridgehead atoms. The molecule has 8 heteroatoms. The Morgan fingerprint density at radius 3 is 2.43 bits per heavy atom. The molecule has 0 aliphatic heterocycles. The maximum absolute atomic E-state index is 12.6. The van der Waals surface area contributed by atoms with Gasteiger partial charge in [0.05, 0.1) is 5.69 Å². The summed E-state index contributed by atoms with van der Waals surface area (Å²) in [6.45, 7) is 7.88. The summed E-state index contributed by atoms with van der Waals surface area (Å²) in [6, 6.07) is 13.5. The molecule has 1 aromatic heterocycles. The van der Waals surface area contributed by atoms with Crippen molar-refractivity contribution in [1.82, 2.24) is 9.97 Å². The van der Waals surface area contributed by atoms with E-state index in [4.69, 9.17) is 0 Å². The van der Waals surface area contributed by atoms with E-state index in [1.54, 1.807) is 12.1 Å². The Kier molecular flexibility index (Phi) is 6.14. The smallest absolute Gasteiger partial charge is 0.406 e. The van der Waals surface area contributed by atoms with Gasteiger partial charge in [0, 0.05) is 23.4 Å². The lowest BCUT2D eigenvalue weighted by Crippen LogP contribution is -2.17. The van der Waals surface area contributed by atoms with Gasteiger partial charge in [0.1, 0.15) is 11.6 Å². The maximum Gasteiger partial charge on any atom is 0.573 e. The van der Waals surface area contributed by atoms with Crippen LogP contribution in [0.3, 0.4) is 0 Å². The van der Waals surface area contributed by atoms with Crippen LogP contribution in [-0.4, -0.2) is 22.4 Å². The zero-order valence-electron chi connectivity index (χ0n) is 17.1. The molecule has 2 aromatic carbocycles. The van der Waals surface area contributed by atoms with Gasteiger partial charge >= 0.3 is 6.36 Å². The van der Waals surface area contributed by atoms with Gasteiger partial charge in [0.25, 0.3) is 0 Å². The average Bonchev–Trinajstić information content (AvgIpc) is 2.63. The summed E-state index contributed by atoms with van der Waals surface area (Å²) < 4.78 is 41.8. The van der Waals surface area contributed by atoms with Crippen LogP contribution in [0.25, 0.3) is 11.3 Å². The van der Waals surface area contributed by atoms with Gasteiger partial charge in [-0.05, 0) is 57.0 Å². The molecule has 0 aliphatic carbocycles. The van der Waals surface area contributed by atoms with Crippen LogP contribution in [0, 0.1) is 13.8 Å². The van der Waals surface area contributed by atoms with Gasteiger partial charge in [0.2, 0.25) is 5.95 Å². The summed E-state index contributed by atoms with van der Waals surface area (Å²) in [5.41, 5.74) is 3.97. The second-order valence-electron chi connectivity index (χ2n) is 7.28. The first kappa shape index (κ1) is 21.4. The third-order valence-corrected chi connectivity index (χ3v) is 4.16. The Morgan fingerprint density at radius 2 is 1.73 bits per heavy atom. The van der Waals surface area contributed by atoms with E-state index in [9.17, 15) is 13.2 Å². The highest BCUT2D eigenvalue weighted by Crippen LogP contribution is 2.30. The second-order valence-corrected chi connectivity index (χ2v) is 7.28. The summed E-state index contributed by atoms with van der Waals surface area (Å²) in [7, 11) is 0. The zero-order valence-corrected chi connectivity index (χ0v) is 17.1. The molecule has 5 nitrogen and oxygen atoms in total. The van der Waals surface area contributed by atoms with Crippen molar-refractivity contribution >= 4 is 17.5 Å². The van der Waals surface area contributed by atoms with Crippen LogP contribution in [0.4, 0.5) is 30.6 Å². The van der Waals surface area contributed by atoms with Crippen molar-refractivity contribution in [3.8, 4) is 17.0 Å². The first-order valence-corrected chi connectivity index (χ1v) is 9.45. The van der Waals surface area contributed by atoms with E-state index in [0.29, 0.717) is 23.0 Å². The number of rotatable bonds is 6. The van der Waals surface area contributed by atoms with E-state index in [2.05, 4.69) is 25.3 Å². The SMILES string of the molecule is Cc1ccc(C)c(Nc2cc(-c3cccc(OC(F)(F)F)c3)nc(NC(C)C)n2)c1. The van der Waals surface area contributed by atoms with Crippen LogP contribution in [0.2, 0.25) is 0 Å². The van der Waals surface area contributed by atoms with Crippen LogP contribution >= 0.6 is 0 Å². The van der Waals surface area contributed by atoms with Crippen LogP contribution in [0.15, 0.2) is 48.5 Å². The van der Waals surface area contributed by atoms with Crippen LogP contribution in [0.5, 0.6) is 5.75 Å². The van der Waals surface area contributed by atoms with Crippen molar-refractivity contribution in [2.45, 2.75) is 40.1 Å². The Labute approximate surface area is 173 Å². The number of aromatic nitrogens is 2. The van der Waals surface area contributed by atoms with Gasteiger partial charge in [0.15, 0.2) is 0 Å². The van der Waals surface area contributed by atoms with Crippen LogP contribution in [0.1, 0.15) is 25.0 Å². The first-order valence-electron chi connectivity index (χ1n) is 9.45. The fourth-order valence-electron chi connectivity index (χ4n) is 2.84. The molecule has 0 saturated heterocycles. The molecule has 0 atom stereocenters. The molecule has 158 valence electrons. The molecule has 0 amide bonds. The average molecular weight is 416 g/mol. The van der Waals surface area contributed by atoms with Gasteiger partial charge in [-0.15, -0.1) is 13.2 Å². The predicted octanol–water partition coefficient (Wildman–Crippen LogP) is 6.22. The third kappa shape index (κ3) is 5.85. The molecular weight excluding hydrogens is 393 g/mol. The van der Waals surface area contributed by atoms with Crippen molar-refractivity contribution in [3.63, 3.8) is 0 Å². The van der Waals surface area contributed by atoms with Crippen molar-refractivity contribution < 1.29 is 17.9 Å². The minimum absolute atomic E-state index is 0.0775. The number of benzene rings is 2. The normalized spacial score (nSPS) is 11.5. The van der Waals surface area contributed by atoms with Gasteiger partial charge in [-0.2, -0.15) is 4.98 Å². The lowest BCUT2D eigenvalue weighted by molar-refractivity contribution is -0.274. The van der Waals surface area contributed by atoms with E-state index >= 15 is 0 Å². The molecule has 0 saturated carbocycles. The van der Waals surface area contributed by atoms with Gasteiger partial charge in [-0.3, -0.25) is 0 Å². The largest absolute Gasteiger partial charge is 0.573 e. The van der Waals surface area contributed by atoms with Crippen molar-refractivity contribution in [3.05, 3.63) is 59.7 Å². The standard InChI is InChI=1S/C22H23F3N4O/c1-13(2)26-21-28-19(16-6-5-7-17(11-16)30-22(23,24)25)12-20(29-21)27-18-10-14(3)8-9-15(18)4/h5-13H,1-4H3,(H2,26,27,28,29). The summed E-state index contributed by atoms with van der Waals surface area (Å²) in [4.78, 5) is 8.97. The fraction of sp³-hybridized carbons (Fsp3) is 0.273. The number of hydrogen-bond acceptors (Lipinski definition) is 5. The molecule has 0 radical (unpaired) electrons. The highest BCUT2D eigenvalue weighted by Gasteiger charge is 2.31. The summed E-state index contributed by atoms with van der Waals surface area (Å²) in [6.07, 6.45) is -4.76. The number of ether oxygens (including phenoxy) is 1. The van der Waals surface area contributed by atoms with Crippen LogP contribution in [-0.2, 0) is 0 Å². The zero-order chi connectivity index (χ0) is 21.9. The molecule has 0 unspecified atom stereocenters. The van der Waals surface area contributed by atoms with E-state index < -0.39 is 6.36 Å². The molecule has 0 aliphatic rings. The minimum Gasteiger partial charge on any atom is -0.406 e. The Morgan fingerprint density at radius 1 is 0.967 bits per heavy atom. The Bertz CT molecular complexity index is 1040. The molecular formula is C22H23F3N4O. The summed E-state index contributed by atoms with van der Waals surface area (Å²) in [5.74, 6) is 0.595. The van der Waals surface area contributed by atoms with E-state index in [1.807, 2.05) is 45.9 Å². The number of hydrogen-bond donors (Lipinski definition) is 2. The molecule has 0 fully saturated rings. The number of aryl methyl sites for hydroxylation is 2. The molecule has 30 heavy (non-hydrogen) atoms. The monoisotopic (exact) mass is 416 g/mol. The molecule has 1 heterocycles. The van der Waals surface area contributed by atoms with E-state index in [1.165, 1.54) is 18.2 Å². The number of anilines is 3. The van der Waals surface area contributed by atoms with Crippen molar-refractivity contribution in [1.29, 1.82) is 0 Å². The minimum atomic E-state index is -4.76. The van der Waals surface area contributed by atoms with Crippen molar-refractivity contribution in [2.24, 2.45) is 0 Å². The highest BCUT2D eigenvalue weighted by atomic mass is 19.4. The molecule has 3 rings (SSSR count). The van der Waals surface area contributed by atoms with E-state index in [0.717, 1.165) is 16.8 Å². The van der Waals surface area contributed by atoms with Gasteiger partial charge in [-0.1, -0.05) is 24.3 Å². The van der Waals surface area contributed by atoms with Gasteiger partial charge < -0.3 is 15.4 Å². The number of nitrogens with zero attached hydrogens (tertiary/aromatic N) is 2. The van der Waals surface area contributed by atoms with E-state index in [-0.39, 0.29) is 11.8 Å². The lowest BCUT2D eigenvalue weighted by atomic mass is 10.1. The number of alkyl halides is 3. The second kappa shape index (κ2) is 8.61. The maximum atomic E-state index is 12.6. The molecule has 0 spiro atoms. The lowest BCUT2D eigenvalue weighted by Gasteiger charge is -2.15. The quantitative estimate of drug-likeness (QED) is 0.499. The first-order chi connectivity index (χ1) is 14.1. The molecule has 2 N–H and O–H groups in total. The van der Waals surface area contributed by atoms with Gasteiger partial charge in [-0.25, -0.2) is 4.98 Å². The predicted molar refractivity (Wildman–Crippen MR) is 112 cm³/mol. The highest BCUT2D eigenvalue weighted by molar-refractivity contribution is 5.69. The van der Waals surface area contributed by atoms with Crippen molar-refractivity contribution in [2.75, 3.05) is 10.6 Å². The third-order valence-electron chi connectivity index (χ3n) is 4.16. The Balaban J connectivity index is 2.01. The summed E-state index contributed by atoms with van der Waals surface area (Å²) >= 11 is 0. The van der Waals surface area contributed by atoms with Crippen LogP contribution < -0.4 is 15.4 Å². The molecule has 3 aromatic rings. The topological polar surface area (TPSA) is 59.1 Å². The number of nitrogens with one attached hydrogen (secondary N) is 2. The summed E-state index contributed by atoms with van der Waals surface area (Å²) in [5, 5.41) is 6.43. The fourth-order valence-corrected chi connectivity index (χ4v) is 2.84. The Hall–Kier alpha value is -3.29. The number of halogens is 3.